The second-order valence-electron chi connectivity index (χ2n) is 8.07. The van der Waals surface area contributed by atoms with Gasteiger partial charge >= 0.3 is 12.0 Å². The Morgan fingerprint density at radius 3 is 2.45 bits per heavy atom. The summed E-state index contributed by atoms with van der Waals surface area (Å²) in [6, 6.07) is 15.0. The van der Waals surface area contributed by atoms with Crippen molar-refractivity contribution in [1.29, 1.82) is 0 Å². The number of ether oxygens (including phenoxy) is 1. The largest absolute Gasteiger partial charge is 0.466 e. The third kappa shape index (κ3) is 5.58. The topological polar surface area (TPSA) is 85.2 Å². The lowest BCUT2D eigenvalue weighted by Crippen LogP contribution is -2.25. The van der Waals surface area contributed by atoms with E-state index in [4.69, 9.17) is 9.84 Å². The lowest BCUT2D eigenvalue weighted by Gasteiger charge is -2.27. The van der Waals surface area contributed by atoms with E-state index in [2.05, 4.69) is 10.6 Å². The zero-order chi connectivity index (χ0) is 23.2. The molecule has 8 heteroatoms. The molecule has 0 saturated heterocycles. The molecule has 172 valence electrons. The van der Waals surface area contributed by atoms with E-state index in [9.17, 15) is 14.0 Å². The van der Waals surface area contributed by atoms with E-state index in [1.54, 1.807) is 24.3 Å². The molecule has 0 spiro atoms. The van der Waals surface area contributed by atoms with Crippen LogP contribution in [-0.2, 0) is 9.53 Å². The van der Waals surface area contributed by atoms with Crippen LogP contribution in [0, 0.1) is 11.7 Å². The number of carbonyl (C=O) groups excluding carboxylic acids is 2. The number of carbonyl (C=O) groups is 2. The van der Waals surface area contributed by atoms with Crippen LogP contribution in [-0.4, -0.2) is 28.4 Å². The third-order valence-corrected chi connectivity index (χ3v) is 5.86. The Kier molecular flexibility index (Phi) is 7.02. The number of hydrogen-bond donors (Lipinski definition) is 2. The number of aromatic nitrogens is 2. The van der Waals surface area contributed by atoms with E-state index in [0.717, 1.165) is 36.9 Å². The van der Waals surface area contributed by atoms with Gasteiger partial charge in [-0.25, -0.2) is 9.18 Å². The van der Waals surface area contributed by atoms with Gasteiger partial charge in [-0.05, 0) is 62.9 Å². The number of anilines is 2. The molecule has 1 aliphatic rings. The van der Waals surface area contributed by atoms with E-state index in [0.29, 0.717) is 12.3 Å². The predicted octanol–water partition coefficient (Wildman–Crippen LogP) is 5.63. The van der Waals surface area contributed by atoms with Gasteiger partial charge in [0.1, 0.15) is 5.82 Å². The molecule has 0 unspecified atom stereocenters. The first kappa shape index (κ1) is 22.5. The van der Waals surface area contributed by atoms with Crippen molar-refractivity contribution in [3.8, 4) is 11.3 Å². The molecule has 2 amide bonds. The predicted molar refractivity (Wildman–Crippen MR) is 124 cm³/mol. The van der Waals surface area contributed by atoms with Crippen molar-refractivity contribution in [1.82, 2.24) is 9.78 Å². The van der Waals surface area contributed by atoms with E-state index in [-0.39, 0.29) is 23.6 Å². The SMILES string of the molecule is CCOC(=O)C1CCC(n2ccc(-c3ccc(NC(=O)Nc4ccccc4F)cc3)n2)CC1. The van der Waals surface area contributed by atoms with Gasteiger partial charge in [-0.15, -0.1) is 0 Å². The minimum Gasteiger partial charge on any atom is -0.466 e. The maximum Gasteiger partial charge on any atom is 0.323 e. The molecule has 1 heterocycles. The average molecular weight is 451 g/mol. The molecule has 0 aliphatic heterocycles. The molecule has 7 nitrogen and oxygen atoms in total. The highest BCUT2D eigenvalue weighted by Crippen LogP contribution is 2.33. The smallest absolute Gasteiger partial charge is 0.323 e. The van der Waals surface area contributed by atoms with E-state index in [1.807, 2.05) is 36.0 Å². The monoisotopic (exact) mass is 450 g/mol. The van der Waals surface area contributed by atoms with Crippen molar-refractivity contribution in [2.24, 2.45) is 5.92 Å². The first-order valence-corrected chi connectivity index (χ1v) is 11.2. The standard InChI is InChI=1S/C25H27FN4O3/c1-2-33-24(31)18-9-13-20(14-10-18)30-16-15-22(29-30)17-7-11-19(12-8-17)27-25(32)28-23-6-4-3-5-21(23)26/h3-8,11-12,15-16,18,20H,2,9-10,13-14H2,1H3,(H2,27,28,32). The van der Waals surface area contributed by atoms with Gasteiger partial charge in [0.25, 0.3) is 0 Å². The number of halogens is 1. The Labute approximate surface area is 191 Å². The minimum absolute atomic E-state index is 0.00754. The van der Waals surface area contributed by atoms with Crippen LogP contribution in [0.3, 0.4) is 0 Å². The molecule has 33 heavy (non-hydrogen) atoms. The number of amides is 2. The first-order valence-electron chi connectivity index (χ1n) is 11.2. The summed E-state index contributed by atoms with van der Waals surface area (Å²) in [6.07, 6.45) is 5.38. The van der Waals surface area contributed by atoms with Crippen LogP contribution in [0.5, 0.6) is 0 Å². The Morgan fingerprint density at radius 2 is 1.76 bits per heavy atom. The number of rotatable bonds is 6. The maximum atomic E-state index is 13.7. The number of nitrogens with one attached hydrogen (secondary N) is 2. The molecule has 2 N–H and O–H groups in total. The van der Waals surface area contributed by atoms with Crippen molar-refractivity contribution in [2.75, 3.05) is 17.2 Å². The van der Waals surface area contributed by atoms with Crippen molar-refractivity contribution in [3.05, 3.63) is 66.6 Å². The molecule has 0 bridgehead atoms. The second kappa shape index (κ2) is 10.3. The highest BCUT2D eigenvalue weighted by Gasteiger charge is 2.28. The first-order chi connectivity index (χ1) is 16.0. The summed E-state index contributed by atoms with van der Waals surface area (Å²) in [6.45, 7) is 2.25. The Hall–Kier alpha value is -3.68. The maximum absolute atomic E-state index is 13.7. The van der Waals surface area contributed by atoms with Crippen LogP contribution in [0.2, 0.25) is 0 Å². The number of urea groups is 1. The summed E-state index contributed by atoms with van der Waals surface area (Å²) in [5, 5.41) is 9.91. The molecule has 2 aromatic carbocycles. The van der Waals surface area contributed by atoms with Gasteiger partial charge < -0.3 is 15.4 Å². The van der Waals surface area contributed by atoms with Gasteiger partial charge in [0.05, 0.1) is 29.9 Å². The summed E-state index contributed by atoms with van der Waals surface area (Å²) in [5.74, 6) is -0.590. The molecule has 1 aromatic heterocycles. The van der Waals surface area contributed by atoms with E-state index >= 15 is 0 Å². The zero-order valence-electron chi connectivity index (χ0n) is 18.5. The number of para-hydroxylation sites is 1. The van der Waals surface area contributed by atoms with Gasteiger partial charge in [-0.2, -0.15) is 5.10 Å². The number of nitrogens with zero attached hydrogens (tertiary/aromatic N) is 2. The Bertz CT molecular complexity index is 1100. The van der Waals surface area contributed by atoms with Crippen LogP contribution >= 0.6 is 0 Å². The highest BCUT2D eigenvalue weighted by atomic mass is 19.1. The third-order valence-electron chi connectivity index (χ3n) is 5.86. The summed E-state index contributed by atoms with van der Waals surface area (Å²) in [5.41, 5.74) is 2.47. The van der Waals surface area contributed by atoms with Crippen molar-refractivity contribution >= 4 is 23.4 Å². The molecular weight excluding hydrogens is 423 g/mol. The molecule has 0 radical (unpaired) electrons. The number of benzene rings is 2. The summed E-state index contributed by atoms with van der Waals surface area (Å²) < 4.78 is 20.8. The molecule has 3 aromatic rings. The summed E-state index contributed by atoms with van der Waals surface area (Å²) >= 11 is 0. The van der Waals surface area contributed by atoms with Gasteiger partial charge in [0.2, 0.25) is 0 Å². The van der Waals surface area contributed by atoms with Crippen molar-refractivity contribution < 1.29 is 18.7 Å². The Morgan fingerprint density at radius 1 is 1.03 bits per heavy atom. The van der Waals surface area contributed by atoms with Crippen molar-refractivity contribution in [3.63, 3.8) is 0 Å². The molecule has 1 aliphatic carbocycles. The zero-order valence-corrected chi connectivity index (χ0v) is 18.5. The Balaban J connectivity index is 1.33. The second-order valence-corrected chi connectivity index (χ2v) is 8.07. The van der Waals surface area contributed by atoms with E-state index in [1.165, 1.54) is 12.1 Å². The quantitative estimate of drug-likeness (QED) is 0.477. The molecule has 1 fully saturated rings. The molecule has 4 rings (SSSR count). The molecule has 0 atom stereocenters. The van der Waals surface area contributed by atoms with Crippen LogP contribution < -0.4 is 10.6 Å². The fourth-order valence-corrected chi connectivity index (χ4v) is 4.10. The van der Waals surface area contributed by atoms with E-state index < -0.39 is 11.8 Å². The normalized spacial score (nSPS) is 17.9. The highest BCUT2D eigenvalue weighted by molar-refractivity contribution is 5.99. The molecular formula is C25H27FN4O3. The molecule has 1 saturated carbocycles. The lowest BCUT2D eigenvalue weighted by molar-refractivity contribution is -0.149. The fraction of sp³-hybridized carbons (Fsp3) is 0.320. The van der Waals surface area contributed by atoms with Crippen LogP contribution in [0.25, 0.3) is 11.3 Å². The number of esters is 1. The van der Waals surface area contributed by atoms with Crippen LogP contribution in [0.4, 0.5) is 20.6 Å². The number of hydrogen-bond acceptors (Lipinski definition) is 4. The summed E-state index contributed by atoms with van der Waals surface area (Å²) in [7, 11) is 0. The fourth-order valence-electron chi connectivity index (χ4n) is 4.10. The van der Waals surface area contributed by atoms with Crippen molar-refractivity contribution in [2.45, 2.75) is 38.6 Å². The average Bonchev–Trinajstić information content (AvgIpc) is 3.32. The van der Waals surface area contributed by atoms with Crippen LogP contribution in [0.15, 0.2) is 60.8 Å². The lowest BCUT2D eigenvalue weighted by atomic mass is 9.86. The van der Waals surface area contributed by atoms with Crippen LogP contribution in [0.1, 0.15) is 38.6 Å². The minimum atomic E-state index is -0.518. The van der Waals surface area contributed by atoms with Gasteiger partial charge in [-0.3, -0.25) is 9.48 Å². The summed E-state index contributed by atoms with van der Waals surface area (Å²) in [4.78, 5) is 24.1. The van der Waals surface area contributed by atoms with Gasteiger partial charge in [-0.1, -0.05) is 24.3 Å². The van der Waals surface area contributed by atoms with Gasteiger partial charge in [0.15, 0.2) is 0 Å². The van der Waals surface area contributed by atoms with Gasteiger partial charge in [0, 0.05) is 17.4 Å².